The zero-order chi connectivity index (χ0) is 20.3. The minimum absolute atomic E-state index is 0.0804. The van der Waals surface area contributed by atoms with E-state index in [0.29, 0.717) is 0 Å². The Labute approximate surface area is 163 Å². The van der Waals surface area contributed by atoms with Crippen molar-refractivity contribution in [3.05, 3.63) is 59.7 Å². The molecule has 2 N–H and O–H groups in total. The molecule has 1 aliphatic rings. The van der Waals surface area contributed by atoms with Gasteiger partial charge in [-0.05, 0) is 35.1 Å². The van der Waals surface area contributed by atoms with Gasteiger partial charge in [-0.15, -0.1) is 0 Å². The fraction of sp³-hybridized carbons (Fsp3) is 0.318. The summed E-state index contributed by atoms with van der Waals surface area (Å²) in [5.74, 6) is -3.23. The van der Waals surface area contributed by atoms with Gasteiger partial charge in [-0.25, -0.2) is 4.79 Å². The lowest BCUT2D eigenvalue weighted by molar-refractivity contribution is -0.147. The molecule has 0 saturated heterocycles. The number of rotatable bonds is 7. The molecule has 1 amide bonds. The molecule has 0 saturated carbocycles. The van der Waals surface area contributed by atoms with E-state index in [9.17, 15) is 19.5 Å². The molecule has 0 heterocycles. The third-order valence-electron chi connectivity index (χ3n) is 5.02. The second kappa shape index (κ2) is 8.25. The number of carbonyl (C=O) groups is 3. The van der Waals surface area contributed by atoms with Crippen molar-refractivity contribution in [1.29, 1.82) is 0 Å². The van der Waals surface area contributed by atoms with Crippen LogP contribution in [0.15, 0.2) is 48.5 Å². The zero-order valence-corrected chi connectivity index (χ0v) is 15.8. The summed E-state index contributed by atoms with van der Waals surface area (Å²) in [6.07, 6.45) is -0.0804. The number of benzene rings is 2. The van der Waals surface area contributed by atoms with Crippen LogP contribution in [0.4, 0.5) is 0 Å². The van der Waals surface area contributed by atoms with Gasteiger partial charge in [-0.3, -0.25) is 9.59 Å². The van der Waals surface area contributed by atoms with Gasteiger partial charge in [0.15, 0.2) is 0 Å². The first kappa shape index (κ1) is 19.6. The minimum atomic E-state index is -1.18. The summed E-state index contributed by atoms with van der Waals surface area (Å²) in [4.78, 5) is 36.6. The lowest BCUT2D eigenvalue weighted by Crippen LogP contribution is -2.47. The number of carboxylic acids is 1. The first-order valence-electron chi connectivity index (χ1n) is 9.31. The fourth-order valence-electron chi connectivity index (χ4n) is 3.72. The smallest absolute Gasteiger partial charge is 0.326 e. The van der Waals surface area contributed by atoms with Gasteiger partial charge in [-0.1, -0.05) is 55.5 Å². The van der Waals surface area contributed by atoms with Crippen LogP contribution in [-0.2, 0) is 19.1 Å². The monoisotopic (exact) mass is 381 g/mol. The highest BCUT2D eigenvalue weighted by molar-refractivity contribution is 5.97. The lowest BCUT2D eigenvalue weighted by atomic mass is 9.93. The van der Waals surface area contributed by atoms with Crippen molar-refractivity contribution >= 4 is 17.8 Å². The minimum Gasteiger partial charge on any atom is -0.480 e. The summed E-state index contributed by atoms with van der Waals surface area (Å²) >= 11 is 0. The molecular weight excluding hydrogens is 358 g/mol. The molecule has 2 aromatic rings. The predicted molar refractivity (Wildman–Crippen MR) is 104 cm³/mol. The number of carbonyl (C=O) groups excluding carboxylic acids is 2. The number of ether oxygens (including phenoxy) is 1. The maximum atomic E-state index is 13.1. The lowest BCUT2D eigenvalue weighted by Gasteiger charge is -2.23. The normalized spacial score (nSPS) is 14.5. The van der Waals surface area contributed by atoms with Crippen molar-refractivity contribution in [3.8, 4) is 11.1 Å². The Kier molecular flexibility index (Phi) is 5.78. The summed E-state index contributed by atoms with van der Waals surface area (Å²) in [6, 6.07) is 14.1. The highest BCUT2D eigenvalue weighted by Gasteiger charge is 2.36. The van der Waals surface area contributed by atoms with Gasteiger partial charge in [0, 0.05) is 0 Å². The quantitative estimate of drug-likeness (QED) is 0.720. The average molecular weight is 381 g/mol. The summed E-state index contributed by atoms with van der Waals surface area (Å²) in [6.45, 7) is 3.53. The van der Waals surface area contributed by atoms with Gasteiger partial charge in [0.2, 0.25) is 5.91 Å². The zero-order valence-electron chi connectivity index (χ0n) is 15.8. The van der Waals surface area contributed by atoms with E-state index in [2.05, 4.69) is 5.32 Å². The molecule has 28 heavy (non-hydrogen) atoms. The first-order valence-corrected chi connectivity index (χ1v) is 9.31. The Hall–Kier alpha value is -3.15. The van der Waals surface area contributed by atoms with E-state index in [1.807, 2.05) is 48.5 Å². The number of amides is 1. The van der Waals surface area contributed by atoms with Crippen LogP contribution in [0.25, 0.3) is 11.1 Å². The standard InChI is InChI=1S/C22H23NO5/c1-3-28-18(24)12-13(2)20(22(26)27)23-21(25)19-16-10-6-4-8-14(16)15-9-5-7-11-17(15)19/h4-11,13,19-20H,3,12H2,1-2H3,(H,23,25)(H,26,27)/t13-,20+/m1/s1. The van der Waals surface area contributed by atoms with E-state index in [1.54, 1.807) is 13.8 Å². The van der Waals surface area contributed by atoms with Gasteiger partial charge in [0.25, 0.3) is 0 Å². The van der Waals surface area contributed by atoms with Crippen molar-refractivity contribution < 1.29 is 24.2 Å². The van der Waals surface area contributed by atoms with Gasteiger partial charge >= 0.3 is 11.9 Å². The molecule has 3 rings (SSSR count). The average Bonchev–Trinajstić information content (AvgIpc) is 3.00. The second-order valence-electron chi connectivity index (χ2n) is 6.92. The molecule has 0 radical (unpaired) electrons. The van der Waals surface area contributed by atoms with Crippen molar-refractivity contribution in [2.24, 2.45) is 5.92 Å². The molecule has 0 aromatic heterocycles. The Morgan fingerprint density at radius 2 is 1.57 bits per heavy atom. The third kappa shape index (κ3) is 3.76. The SMILES string of the molecule is CCOC(=O)C[C@@H](C)[C@H](NC(=O)C1c2ccccc2-c2ccccc21)C(=O)O. The molecule has 6 heteroatoms. The third-order valence-corrected chi connectivity index (χ3v) is 5.02. The fourth-order valence-corrected chi connectivity index (χ4v) is 3.72. The highest BCUT2D eigenvalue weighted by atomic mass is 16.5. The largest absolute Gasteiger partial charge is 0.480 e. The predicted octanol–water partition coefficient (Wildman–Crippen LogP) is 2.96. The Bertz CT molecular complexity index is 862. The van der Waals surface area contributed by atoms with Crippen LogP contribution in [0, 0.1) is 5.92 Å². The van der Waals surface area contributed by atoms with Crippen LogP contribution in [0.1, 0.15) is 37.3 Å². The topological polar surface area (TPSA) is 92.7 Å². The molecule has 0 spiro atoms. The van der Waals surface area contributed by atoms with E-state index in [1.165, 1.54) is 0 Å². The van der Waals surface area contributed by atoms with Crippen molar-refractivity contribution in [2.45, 2.75) is 32.2 Å². The van der Waals surface area contributed by atoms with E-state index in [0.717, 1.165) is 22.3 Å². The number of aliphatic carboxylic acids is 1. The van der Waals surface area contributed by atoms with E-state index >= 15 is 0 Å². The highest BCUT2D eigenvalue weighted by Crippen LogP contribution is 2.44. The van der Waals surface area contributed by atoms with Crippen molar-refractivity contribution in [3.63, 3.8) is 0 Å². The molecule has 0 unspecified atom stereocenters. The summed E-state index contributed by atoms with van der Waals surface area (Å²) in [5.41, 5.74) is 3.65. The van der Waals surface area contributed by atoms with Crippen molar-refractivity contribution in [1.82, 2.24) is 5.32 Å². The first-order chi connectivity index (χ1) is 13.4. The van der Waals surface area contributed by atoms with Gasteiger partial charge in [0.1, 0.15) is 6.04 Å². The van der Waals surface area contributed by atoms with E-state index in [-0.39, 0.29) is 18.9 Å². The molecule has 0 bridgehead atoms. The number of hydrogen-bond acceptors (Lipinski definition) is 4. The number of esters is 1. The maximum absolute atomic E-state index is 13.1. The van der Waals surface area contributed by atoms with Crippen LogP contribution in [0.5, 0.6) is 0 Å². The summed E-state index contributed by atoms with van der Waals surface area (Å²) in [7, 11) is 0. The number of fused-ring (bicyclic) bond motifs is 3. The molecule has 6 nitrogen and oxygen atoms in total. The van der Waals surface area contributed by atoms with E-state index in [4.69, 9.17) is 4.74 Å². The number of nitrogens with one attached hydrogen (secondary N) is 1. The summed E-state index contributed by atoms with van der Waals surface area (Å²) < 4.78 is 4.90. The van der Waals surface area contributed by atoms with Gasteiger partial charge in [0.05, 0.1) is 18.9 Å². The Morgan fingerprint density at radius 1 is 1.04 bits per heavy atom. The second-order valence-corrected chi connectivity index (χ2v) is 6.92. The number of carboxylic acid groups (broad SMARTS) is 1. The molecule has 0 fully saturated rings. The molecular formula is C22H23NO5. The Morgan fingerprint density at radius 3 is 2.07 bits per heavy atom. The van der Waals surface area contributed by atoms with Crippen LogP contribution >= 0.6 is 0 Å². The maximum Gasteiger partial charge on any atom is 0.326 e. The molecule has 1 aliphatic carbocycles. The van der Waals surface area contributed by atoms with Crippen LogP contribution < -0.4 is 5.32 Å². The van der Waals surface area contributed by atoms with Crippen molar-refractivity contribution in [2.75, 3.05) is 6.61 Å². The van der Waals surface area contributed by atoms with Crippen LogP contribution in [0.2, 0.25) is 0 Å². The number of hydrogen-bond donors (Lipinski definition) is 2. The molecule has 2 atom stereocenters. The van der Waals surface area contributed by atoms with Gasteiger partial charge in [-0.2, -0.15) is 0 Å². The summed E-state index contributed by atoms with van der Waals surface area (Å²) in [5, 5.41) is 12.2. The molecule has 146 valence electrons. The molecule has 0 aliphatic heterocycles. The van der Waals surface area contributed by atoms with E-state index < -0.39 is 29.8 Å². The molecule has 2 aromatic carbocycles. The van der Waals surface area contributed by atoms with Crippen LogP contribution in [-0.4, -0.2) is 35.6 Å². The van der Waals surface area contributed by atoms with Gasteiger partial charge < -0.3 is 15.2 Å². The Balaban J connectivity index is 1.85. The van der Waals surface area contributed by atoms with Crippen LogP contribution in [0.3, 0.4) is 0 Å².